The van der Waals surface area contributed by atoms with E-state index in [1.54, 1.807) is 6.92 Å². The van der Waals surface area contributed by atoms with Crippen LogP contribution >= 0.6 is 0 Å². The molecule has 2 heterocycles. The van der Waals surface area contributed by atoms with Crippen molar-refractivity contribution in [1.82, 2.24) is 19.6 Å². The van der Waals surface area contributed by atoms with Gasteiger partial charge in [0.15, 0.2) is 0 Å². The molecule has 1 amide bonds. The highest BCUT2D eigenvalue weighted by Gasteiger charge is 2.16. The van der Waals surface area contributed by atoms with Crippen molar-refractivity contribution in [3.05, 3.63) is 69.2 Å². The molecule has 9 nitrogen and oxygen atoms in total. The number of aryl methyl sites for hydroxylation is 4. The number of carbonyl (C=O) groups is 1. The van der Waals surface area contributed by atoms with E-state index in [-0.39, 0.29) is 24.7 Å². The van der Waals surface area contributed by atoms with Crippen LogP contribution < -0.4 is 5.32 Å². The summed E-state index contributed by atoms with van der Waals surface area (Å²) in [4.78, 5) is 22.5. The lowest BCUT2D eigenvalue weighted by Gasteiger charge is -2.09. The van der Waals surface area contributed by atoms with Crippen LogP contribution in [0.1, 0.15) is 29.1 Å². The van der Waals surface area contributed by atoms with Crippen LogP contribution in [0.2, 0.25) is 0 Å². The molecule has 0 bridgehead atoms. The number of nitro groups is 1. The molecule has 28 heavy (non-hydrogen) atoms. The Bertz CT molecular complexity index is 1020. The standard InChI is InChI=1S/C19H22N6O3/c1-13-9-14(2)24(21-13)12-16-5-4-6-17(11-16)20-19(26)7-8-23-15(3)10-18(22-23)25(27)28/h4-6,9-11H,7-8,12H2,1-3H3,(H,20,26). The monoisotopic (exact) mass is 382 g/mol. The van der Waals surface area contributed by atoms with Crippen molar-refractivity contribution in [3.8, 4) is 0 Å². The van der Waals surface area contributed by atoms with Crippen LogP contribution in [0.3, 0.4) is 0 Å². The fourth-order valence-electron chi connectivity index (χ4n) is 2.99. The molecule has 0 unspecified atom stereocenters. The Kier molecular flexibility index (Phi) is 5.53. The molecule has 146 valence electrons. The minimum atomic E-state index is -0.544. The molecule has 1 N–H and O–H groups in total. The molecule has 0 atom stereocenters. The molecule has 0 aliphatic carbocycles. The first-order chi connectivity index (χ1) is 13.3. The lowest BCUT2D eigenvalue weighted by molar-refractivity contribution is -0.389. The maximum absolute atomic E-state index is 12.3. The number of carbonyl (C=O) groups excluding carboxylic acids is 1. The number of hydrogen-bond donors (Lipinski definition) is 1. The normalized spacial score (nSPS) is 10.8. The number of amides is 1. The van der Waals surface area contributed by atoms with Gasteiger partial charge in [0.2, 0.25) is 5.91 Å². The summed E-state index contributed by atoms with van der Waals surface area (Å²) in [7, 11) is 0. The van der Waals surface area contributed by atoms with Gasteiger partial charge in [-0.05, 0) is 49.5 Å². The van der Waals surface area contributed by atoms with E-state index >= 15 is 0 Å². The number of anilines is 1. The van der Waals surface area contributed by atoms with Gasteiger partial charge in [-0.25, -0.2) is 0 Å². The highest BCUT2D eigenvalue weighted by molar-refractivity contribution is 5.90. The topological polar surface area (TPSA) is 108 Å². The van der Waals surface area contributed by atoms with Gasteiger partial charge in [-0.15, -0.1) is 0 Å². The van der Waals surface area contributed by atoms with E-state index in [4.69, 9.17) is 0 Å². The third kappa shape index (κ3) is 4.61. The Labute approximate surface area is 162 Å². The van der Waals surface area contributed by atoms with Crippen LogP contribution in [0.4, 0.5) is 11.5 Å². The van der Waals surface area contributed by atoms with Crippen LogP contribution in [0.15, 0.2) is 36.4 Å². The first-order valence-corrected chi connectivity index (χ1v) is 8.90. The molecular formula is C19H22N6O3. The zero-order valence-electron chi connectivity index (χ0n) is 16.0. The zero-order chi connectivity index (χ0) is 20.3. The second kappa shape index (κ2) is 8.03. The summed E-state index contributed by atoms with van der Waals surface area (Å²) in [5.41, 5.74) is 4.42. The molecule has 0 fully saturated rings. The van der Waals surface area contributed by atoms with Gasteiger partial charge in [0.25, 0.3) is 0 Å². The number of benzene rings is 1. The van der Waals surface area contributed by atoms with Crippen LogP contribution in [0, 0.1) is 30.9 Å². The number of aromatic nitrogens is 4. The maximum Gasteiger partial charge on any atom is 0.390 e. The summed E-state index contributed by atoms with van der Waals surface area (Å²) in [6.07, 6.45) is 0.168. The van der Waals surface area contributed by atoms with E-state index in [1.807, 2.05) is 48.9 Å². The van der Waals surface area contributed by atoms with Crippen molar-refractivity contribution >= 4 is 17.4 Å². The van der Waals surface area contributed by atoms with E-state index in [9.17, 15) is 14.9 Å². The molecule has 0 aliphatic heterocycles. The molecule has 0 spiro atoms. The Morgan fingerprint density at radius 1 is 1.11 bits per heavy atom. The van der Waals surface area contributed by atoms with Gasteiger partial charge >= 0.3 is 5.82 Å². The predicted octanol–water partition coefficient (Wildman–Crippen LogP) is 2.99. The summed E-state index contributed by atoms with van der Waals surface area (Å²) in [5.74, 6) is -0.393. The van der Waals surface area contributed by atoms with Gasteiger partial charge in [0.05, 0.1) is 35.6 Å². The van der Waals surface area contributed by atoms with Crippen LogP contribution in [0.25, 0.3) is 0 Å². The van der Waals surface area contributed by atoms with Crippen molar-refractivity contribution in [2.45, 2.75) is 40.3 Å². The zero-order valence-corrected chi connectivity index (χ0v) is 16.0. The van der Waals surface area contributed by atoms with E-state index < -0.39 is 4.92 Å². The van der Waals surface area contributed by atoms with Crippen molar-refractivity contribution in [2.24, 2.45) is 0 Å². The second-order valence-corrected chi connectivity index (χ2v) is 6.71. The van der Waals surface area contributed by atoms with E-state index in [0.717, 1.165) is 17.0 Å². The summed E-state index contributed by atoms with van der Waals surface area (Å²) in [5, 5.41) is 22.0. The van der Waals surface area contributed by atoms with Gasteiger partial charge in [-0.3, -0.25) is 9.48 Å². The molecule has 2 aromatic heterocycles. The number of nitrogens with zero attached hydrogens (tertiary/aromatic N) is 5. The lowest BCUT2D eigenvalue weighted by atomic mass is 10.2. The fourth-order valence-corrected chi connectivity index (χ4v) is 2.99. The average Bonchev–Trinajstić information content (AvgIpc) is 3.15. The summed E-state index contributed by atoms with van der Waals surface area (Å²) in [6, 6.07) is 11.0. The molecule has 0 saturated carbocycles. The van der Waals surface area contributed by atoms with Crippen LogP contribution in [-0.4, -0.2) is 30.4 Å². The lowest BCUT2D eigenvalue weighted by Crippen LogP contribution is -2.16. The molecular weight excluding hydrogens is 360 g/mol. The van der Waals surface area contributed by atoms with Gasteiger partial charge in [-0.2, -0.15) is 9.78 Å². The van der Waals surface area contributed by atoms with E-state index in [0.29, 0.717) is 17.9 Å². The molecule has 0 aliphatic rings. The Morgan fingerprint density at radius 2 is 1.86 bits per heavy atom. The Hall–Kier alpha value is -3.49. The molecule has 3 rings (SSSR count). The van der Waals surface area contributed by atoms with Crippen molar-refractivity contribution in [3.63, 3.8) is 0 Å². The Morgan fingerprint density at radius 3 is 2.50 bits per heavy atom. The first-order valence-electron chi connectivity index (χ1n) is 8.90. The first kappa shape index (κ1) is 19.3. The summed E-state index contributed by atoms with van der Waals surface area (Å²) < 4.78 is 3.39. The third-order valence-corrected chi connectivity index (χ3v) is 4.35. The molecule has 0 radical (unpaired) electrons. The minimum Gasteiger partial charge on any atom is -0.358 e. The van der Waals surface area contributed by atoms with Gasteiger partial charge in [0, 0.05) is 17.8 Å². The van der Waals surface area contributed by atoms with Crippen LogP contribution in [-0.2, 0) is 17.9 Å². The number of rotatable bonds is 7. The molecule has 0 saturated heterocycles. The van der Waals surface area contributed by atoms with Gasteiger partial charge in [0.1, 0.15) is 0 Å². The SMILES string of the molecule is Cc1cc(C)n(Cc2cccc(NC(=O)CCn3nc([N+](=O)[O-])cc3C)c2)n1. The van der Waals surface area contributed by atoms with Gasteiger partial charge in [-0.1, -0.05) is 12.1 Å². The predicted molar refractivity (Wildman–Crippen MR) is 104 cm³/mol. The molecule has 1 aromatic carbocycles. The van der Waals surface area contributed by atoms with Crippen LogP contribution in [0.5, 0.6) is 0 Å². The van der Waals surface area contributed by atoms with Crippen molar-refractivity contribution < 1.29 is 9.72 Å². The average molecular weight is 382 g/mol. The summed E-state index contributed by atoms with van der Waals surface area (Å²) in [6.45, 7) is 6.58. The maximum atomic E-state index is 12.3. The quantitative estimate of drug-likeness (QED) is 0.499. The highest BCUT2D eigenvalue weighted by Crippen LogP contribution is 2.15. The highest BCUT2D eigenvalue weighted by atomic mass is 16.6. The van der Waals surface area contributed by atoms with Crippen molar-refractivity contribution in [2.75, 3.05) is 5.32 Å². The second-order valence-electron chi connectivity index (χ2n) is 6.71. The summed E-state index contributed by atoms with van der Waals surface area (Å²) >= 11 is 0. The van der Waals surface area contributed by atoms with E-state index in [1.165, 1.54) is 10.7 Å². The fraction of sp³-hybridized carbons (Fsp3) is 0.316. The Balaban J connectivity index is 1.60. The minimum absolute atomic E-state index is 0.168. The molecule has 9 heteroatoms. The molecule has 3 aromatic rings. The van der Waals surface area contributed by atoms with E-state index in [2.05, 4.69) is 15.5 Å². The third-order valence-electron chi connectivity index (χ3n) is 4.35. The number of hydrogen-bond acceptors (Lipinski definition) is 5. The smallest absolute Gasteiger partial charge is 0.358 e. The largest absolute Gasteiger partial charge is 0.390 e. The number of nitrogens with one attached hydrogen (secondary N) is 1. The van der Waals surface area contributed by atoms with Gasteiger partial charge < -0.3 is 15.4 Å². The van der Waals surface area contributed by atoms with Crippen molar-refractivity contribution in [1.29, 1.82) is 0 Å².